The van der Waals surface area contributed by atoms with Gasteiger partial charge >= 0.3 is 6.61 Å². The summed E-state index contributed by atoms with van der Waals surface area (Å²) >= 11 is 5.81. The van der Waals surface area contributed by atoms with Crippen LogP contribution in [0.3, 0.4) is 0 Å². The predicted molar refractivity (Wildman–Crippen MR) is 84.8 cm³/mol. The van der Waals surface area contributed by atoms with E-state index in [1.807, 2.05) is 6.07 Å². The van der Waals surface area contributed by atoms with Gasteiger partial charge in [-0.15, -0.1) is 0 Å². The molecule has 2 aromatic rings. The first-order valence-electron chi connectivity index (χ1n) is 6.53. The topological polar surface area (TPSA) is 55.4 Å². The van der Waals surface area contributed by atoms with Crippen molar-refractivity contribution in [2.45, 2.75) is 25.4 Å². The summed E-state index contributed by atoms with van der Waals surface area (Å²) < 4.78 is 55.8. The van der Waals surface area contributed by atoms with Gasteiger partial charge in [0.2, 0.25) is 0 Å². The van der Waals surface area contributed by atoms with E-state index in [1.54, 1.807) is 26.0 Å². The van der Waals surface area contributed by atoms with Gasteiger partial charge in [-0.1, -0.05) is 23.7 Å². The van der Waals surface area contributed by atoms with Crippen molar-refractivity contribution in [1.29, 1.82) is 0 Å². The Bertz CT molecular complexity index is 825. The van der Waals surface area contributed by atoms with Gasteiger partial charge < -0.3 is 4.74 Å². The summed E-state index contributed by atoms with van der Waals surface area (Å²) in [6.45, 7) is 0.455. The minimum absolute atomic E-state index is 0.119. The molecule has 2 aromatic carbocycles. The van der Waals surface area contributed by atoms with E-state index < -0.39 is 16.6 Å². The molecule has 8 heteroatoms. The molecule has 4 nitrogen and oxygen atoms in total. The first kappa shape index (κ1) is 17.5. The van der Waals surface area contributed by atoms with Gasteiger partial charge in [0.05, 0.1) is 15.6 Å². The van der Waals surface area contributed by atoms with E-state index in [0.29, 0.717) is 5.56 Å². The highest BCUT2D eigenvalue weighted by molar-refractivity contribution is 7.92. The quantitative estimate of drug-likeness (QED) is 0.860. The molecule has 0 saturated heterocycles. The number of hydrogen-bond donors (Lipinski definition) is 1. The molecule has 1 N–H and O–H groups in total. The number of hydrogen-bond acceptors (Lipinski definition) is 3. The number of anilines is 1. The molecular formula is C15H14ClF2NO3S. The van der Waals surface area contributed by atoms with Crippen LogP contribution < -0.4 is 9.46 Å². The molecule has 2 rings (SSSR count). The van der Waals surface area contributed by atoms with Gasteiger partial charge in [-0.3, -0.25) is 4.72 Å². The molecule has 0 heterocycles. The van der Waals surface area contributed by atoms with E-state index in [1.165, 1.54) is 18.2 Å². The van der Waals surface area contributed by atoms with Crippen LogP contribution in [0, 0.1) is 13.8 Å². The van der Waals surface area contributed by atoms with Crippen LogP contribution in [0.4, 0.5) is 14.5 Å². The van der Waals surface area contributed by atoms with Gasteiger partial charge in [0.25, 0.3) is 10.0 Å². The molecule has 23 heavy (non-hydrogen) atoms. The van der Waals surface area contributed by atoms with Crippen molar-refractivity contribution in [3.05, 3.63) is 52.5 Å². The molecule has 124 valence electrons. The van der Waals surface area contributed by atoms with Crippen molar-refractivity contribution in [2.75, 3.05) is 4.72 Å². The number of alkyl halides is 2. The Hall–Kier alpha value is -1.86. The van der Waals surface area contributed by atoms with Crippen LogP contribution in [0.1, 0.15) is 11.1 Å². The summed E-state index contributed by atoms with van der Waals surface area (Å²) in [4.78, 5) is 0.140. The molecule has 0 amide bonds. The Morgan fingerprint density at radius 3 is 2.43 bits per heavy atom. The minimum atomic E-state index is -3.82. The molecule has 0 atom stereocenters. The molecule has 0 aliphatic rings. The molecular weight excluding hydrogens is 348 g/mol. The van der Waals surface area contributed by atoms with Crippen molar-refractivity contribution in [1.82, 2.24) is 0 Å². The lowest BCUT2D eigenvalue weighted by Crippen LogP contribution is -2.14. The van der Waals surface area contributed by atoms with Crippen LogP contribution in [0.15, 0.2) is 41.3 Å². The van der Waals surface area contributed by atoms with Crippen LogP contribution in [0.5, 0.6) is 5.75 Å². The Morgan fingerprint density at radius 2 is 1.83 bits per heavy atom. The summed E-state index contributed by atoms with van der Waals surface area (Å²) in [5, 5.41) is -0.119. The zero-order valence-corrected chi connectivity index (χ0v) is 13.9. The van der Waals surface area contributed by atoms with Gasteiger partial charge in [-0.2, -0.15) is 8.78 Å². The molecule has 0 radical (unpaired) electrons. The molecule has 0 aliphatic carbocycles. The zero-order valence-electron chi connectivity index (χ0n) is 12.3. The Balaban J connectivity index is 2.31. The fourth-order valence-corrected chi connectivity index (χ4v) is 3.57. The van der Waals surface area contributed by atoms with Crippen molar-refractivity contribution in [3.8, 4) is 5.75 Å². The highest BCUT2D eigenvalue weighted by Crippen LogP contribution is 2.30. The zero-order chi connectivity index (χ0) is 17.2. The lowest BCUT2D eigenvalue weighted by atomic mass is 10.2. The van der Waals surface area contributed by atoms with Crippen molar-refractivity contribution in [2.24, 2.45) is 0 Å². The molecule has 0 unspecified atom stereocenters. The maximum Gasteiger partial charge on any atom is 0.387 e. The van der Waals surface area contributed by atoms with E-state index in [9.17, 15) is 17.2 Å². The fraction of sp³-hybridized carbons (Fsp3) is 0.200. The van der Waals surface area contributed by atoms with Gasteiger partial charge in [0, 0.05) is 0 Å². The van der Waals surface area contributed by atoms with Crippen LogP contribution in [-0.2, 0) is 10.0 Å². The van der Waals surface area contributed by atoms with Crippen molar-refractivity contribution in [3.63, 3.8) is 0 Å². The minimum Gasteiger partial charge on any atom is -0.433 e. The molecule has 0 fully saturated rings. The number of ether oxygens (including phenoxy) is 1. The van der Waals surface area contributed by atoms with E-state index in [0.717, 1.165) is 5.56 Å². The van der Waals surface area contributed by atoms with Crippen LogP contribution in [-0.4, -0.2) is 15.0 Å². The number of benzene rings is 2. The van der Waals surface area contributed by atoms with Crippen molar-refractivity contribution < 1.29 is 21.9 Å². The second kappa shape index (κ2) is 6.72. The average Bonchev–Trinajstić information content (AvgIpc) is 2.43. The molecule has 0 aliphatic heterocycles. The van der Waals surface area contributed by atoms with E-state index in [-0.39, 0.29) is 21.4 Å². The molecule has 0 bridgehead atoms. The monoisotopic (exact) mass is 361 g/mol. The van der Waals surface area contributed by atoms with E-state index >= 15 is 0 Å². The van der Waals surface area contributed by atoms with Gasteiger partial charge in [-0.05, 0) is 49.2 Å². The largest absolute Gasteiger partial charge is 0.433 e. The maximum absolute atomic E-state index is 12.4. The van der Waals surface area contributed by atoms with E-state index in [2.05, 4.69) is 9.46 Å². The van der Waals surface area contributed by atoms with Crippen LogP contribution in [0.2, 0.25) is 5.02 Å². The number of rotatable bonds is 5. The Morgan fingerprint density at radius 1 is 1.13 bits per heavy atom. The number of sulfonamides is 1. The molecule has 0 spiro atoms. The smallest absolute Gasteiger partial charge is 0.387 e. The highest BCUT2D eigenvalue weighted by atomic mass is 35.5. The lowest BCUT2D eigenvalue weighted by molar-refractivity contribution is -0.0497. The highest BCUT2D eigenvalue weighted by Gasteiger charge is 2.18. The molecule has 0 aromatic heterocycles. The summed E-state index contributed by atoms with van der Waals surface area (Å²) in [7, 11) is -3.82. The summed E-state index contributed by atoms with van der Waals surface area (Å²) in [5.74, 6) is -0.226. The average molecular weight is 362 g/mol. The first-order chi connectivity index (χ1) is 10.7. The van der Waals surface area contributed by atoms with Gasteiger partial charge in [0.15, 0.2) is 0 Å². The van der Waals surface area contributed by atoms with Gasteiger partial charge in [-0.25, -0.2) is 8.42 Å². The number of halogens is 3. The summed E-state index contributed by atoms with van der Waals surface area (Å²) in [6.07, 6.45) is 0. The second-order valence-corrected chi connectivity index (χ2v) is 6.96. The third kappa shape index (κ3) is 4.33. The van der Waals surface area contributed by atoms with Crippen LogP contribution >= 0.6 is 11.6 Å². The predicted octanol–water partition coefficient (Wildman–Crippen LogP) is 4.36. The summed E-state index contributed by atoms with van der Waals surface area (Å²) in [6, 6.07) is 8.75. The maximum atomic E-state index is 12.4. The Kier molecular flexibility index (Phi) is 5.11. The normalized spacial score (nSPS) is 11.6. The van der Waals surface area contributed by atoms with Gasteiger partial charge in [0.1, 0.15) is 5.75 Å². The third-order valence-corrected chi connectivity index (χ3v) is 4.85. The third-order valence-electron chi connectivity index (χ3n) is 3.03. The second-order valence-electron chi connectivity index (χ2n) is 4.90. The van der Waals surface area contributed by atoms with Crippen LogP contribution in [0.25, 0.3) is 0 Å². The SMILES string of the molecule is Cc1ccc(C)c(S(=O)(=O)Nc2ccc(OC(F)F)c(Cl)c2)c1. The Labute approximate surface area is 138 Å². The fourth-order valence-electron chi connectivity index (χ4n) is 1.96. The lowest BCUT2D eigenvalue weighted by Gasteiger charge is -2.13. The summed E-state index contributed by atoms with van der Waals surface area (Å²) in [5.41, 5.74) is 1.54. The number of nitrogens with one attached hydrogen (secondary N) is 1. The standard InChI is InChI=1S/C15H14ClF2NO3S/c1-9-3-4-10(2)14(7-9)23(20,21)19-11-5-6-13(12(16)8-11)22-15(17)18/h3-8,15,19H,1-2H3. The first-order valence-corrected chi connectivity index (χ1v) is 8.39. The van der Waals surface area contributed by atoms with E-state index in [4.69, 9.17) is 11.6 Å². The van der Waals surface area contributed by atoms with Crippen molar-refractivity contribution >= 4 is 27.3 Å². The number of aryl methyl sites for hydroxylation is 2. The molecule has 0 saturated carbocycles.